The molecule has 0 aliphatic carbocycles. The molecule has 2 aromatic rings. The van der Waals surface area contributed by atoms with Gasteiger partial charge in [-0.1, -0.05) is 12.1 Å². The molecule has 0 unspecified atom stereocenters. The first-order valence-corrected chi connectivity index (χ1v) is 9.65. The fourth-order valence-electron chi connectivity index (χ4n) is 3.63. The van der Waals surface area contributed by atoms with Crippen LogP contribution in [0.25, 0.3) is 0 Å². The standard InChI is InChI=1S/C21H29N5O2/c1-14-7-6-8-18(15(14)2)22-19(27)13-25-9-11-26(12-10-25)21(28)20-16(3)23-24(5)17(20)4/h6-8H,9-13H2,1-5H3,(H,22,27). The van der Waals surface area contributed by atoms with E-state index in [1.807, 2.05) is 57.8 Å². The van der Waals surface area contributed by atoms with Gasteiger partial charge in [-0.15, -0.1) is 0 Å². The summed E-state index contributed by atoms with van der Waals surface area (Å²) in [7, 11) is 1.85. The van der Waals surface area contributed by atoms with Crippen LogP contribution in [0.1, 0.15) is 32.9 Å². The van der Waals surface area contributed by atoms with Gasteiger partial charge in [0.05, 0.1) is 17.8 Å². The Hall–Kier alpha value is -2.67. The van der Waals surface area contributed by atoms with Crippen molar-refractivity contribution in [2.45, 2.75) is 27.7 Å². The van der Waals surface area contributed by atoms with E-state index in [-0.39, 0.29) is 11.8 Å². The van der Waals surface area contributed by atoms with Crippen molar-refractivity contribution in [3.8, 4) is 0 Å². The Morgan fingerprint density at radius 3 is 2.36 bits per heavy atom. The second-order valence-corrected chi connectivity index (χ2v) is 7.53. The summed E-state index contributed by atoms with van der Waals surface area (Å²) in [6.45, 7) is 10.8. The van der Waals surface area contributed by atoms with Gasteiger partial charge in [0, 0.05) is 44.6 Å². The molecule has 0 spiro atoms. The Labute approximate surface area is 166 Å². The lowest BCUT2D eigenvalue weighted by molar-refractivity contribution is -0.117. The summed E-state index contributed by atoms with van der Waals surface area (Å²) >= 11 is 0. The zero-order valence-corrected chi connectivity index (χ0v) is 17.4. The van der Waals surface area contributed by atoms with Crippen molar-refractivity contribution in [3.63, 3.8) is 0 Å². The van der Waals surface area contributed by atoms with Crippen LogP contribution in [-0.2, 0) is 11.8 Å². The average molecular weight is 383 g/mol. The monoisotopic (exact) mass is 383 g/mol. The molecule has 1 saturated heterocycles. The van der Waals surface area contributed by atoms with Crippen LogP contribution in [0, 0.1) is 27.7 Å². The van der Waals surface area contributed by atoms with Gasteiger partial charge in [0.1, 0.15) is 0 Å². The van der Waals surface area contributed by atoms with Gasteiger partial charge in [0.25, 0.3) is 5.91 Å². The van der Waals surface area contributed by atoms with Crippen molar-refractivity contribution in [2.24, 2.45) is 7.05 Å². The van der Waals surface area contributed by atoms with Crippen LogP contribution in [0.3, 0.4) is 0 Å². The highest BCUT2D eigenvalue weighted by molar-refractivity contribution is 5.96. The predicted molar refractivity (Wildman–Crippen MR) is 110 cm³/mol. The Bertz CT molecular complexity index is 894. The first-order valence-electron chi connectivity index (χ1n) is 9.65. The number of aromatic nitrogens is 2. The van der Waals surface area contributed by atoms with Gasteiger partial charge in [-0.25, -0.2) is 0 Å². The van der Waals surface area contributed by atoms with E-state index in [9.17, 15) is 9.59 Å². The van der Waals surface area contributed by atoms with Crippen molar-refractivity contribution in [1.29, 1.82) is 0 Å². The van der Waals surface area contributed by atoms with Gasteiger partial charge < -0.3 is 10.2 Å². The smallest absolute Gasteiger partial charge is 0.257 e. The minimum absolute atomic E-state index is 0.0209. The zero-order chi connectivity index (χ0) is 20.4. The maximum Gasteiger partial charge on any atom is 0.257 e. The quantitative estimate of drug-likeness (QED) is 0.877. The molecule has 1 aliphatic rings. The summed E-state index contributed by atoms with van der Waals surface area (Å²) < 4.78 is 1.75. The van der Waals surface area contributed by atoms with Crippen LogP contribution < -0.4 is 5.32 Å². The lowest BCUT2D eigenvalue weighted by atomic mass is 10.1. The average Bonchev–Trinajstić information content (AvgIpc) is 2.91. The van der Waals surface area contributed by atoms with E-state index in [0.29, 0.717) is 38.3 Å². The highest BCUT2D eigenvalue weighted by Crippen LogP contribution is 2.18. The number of piperazine rings is 1. The van der Waals surface area contributed by atoms with Gasteiger partial charge in [-0.2, -0.15) is 5.10 Å². The maximum absolute atomic E-state index is 12.9. The molecule has 7 nitrogen and oxygen atoms in total. The van der Waals surface area contributed by atoms with E-state index >= 15 is 0 Å². The predicted octanol–water partition coefficient (Wildman–Crippen LogP) is 2.05. The lowest BCUT2D eigenvalue weighted by Crippen LogP contribution is -2.50. The third-order valence-corrected chi connectivity index (χ3v) is 5.63. The molecule has 150 valence electrons. The summed E-state index contributed by atoms with van der Waals surface area (Å²) in [6.07, 6.45) is 0. The number of hydrogen-bond donors (Lipinski definition) is 1. The maximum atomic E-state index is 12.9. The molecular weight excluding hydrogens is 354 g/mol. The molecule has 0 saturated carbocycles. The molecule has 1 aliphatic heterocycles. The van der Waals surface area contributed by atoms with Crippen molar-refractivity contribution in [3.05, 3.63) is 46.3 Å². The highest BCUT2D eigenvalue weighted by Gasteiger charge is 2.27. The molecule has 1 aromatic carbocycles. The van der Waals surface area contributed by atoms with Crippen LogP contribution in [0.5, 0.6) is 0 Å². The molecule has 1 N–H and O–H groups in total. The summed E-state index contributed by atoms with van der Waals surface area (Å²) in [4.78, 5) is 29.2. The second-order valence-electron chi connectivity index (χ2n) is 7.53. The third-order valence-electron chi connectivity index (χ3n) is 5.63. The van der Waals surface area contributed by atoms with E-state index in [1.165, 1.54) is 0 Å². The van der Waals surface area contributed by atoms with E-state index in [1.54, 1.807) is 4.68 Å². The number of rotatable bonds is 4. The van der Waals surface area contributed by atoms with Crippen LogP contribution >= 0.6 is 0 Å². The number of anilines is 1. The van der Waals surface area contributed by atoms with Crippen LogP contribution in [-0.4, -0.2) is 64.1 Å². The molecule has 1 fully saturated rings. The molecule has 28 heavy (non-hydrogen) atoms. The van der Waals surface area contributed by atoms with Crippen molar-refractivity contribution in [1.82, 2.24) is 19.6 Å². The topological polar surface area (TPSA) is 70.5 Å². The van der Waals surface area contributed by atoms with E-state index in [4.69, 9.17) is 0 Å². The van der Waals surface area contributed by atoms with E-state index in [2.05, 4.69) is 15.3 Å². The van der Waals surface area contributed by atoms with E-state index in [0.717, 1.165) is 28.2 Å². The van der Waals surface area contributed by atoms with Crippen LogP contribution in [0.15, 0.2) is 18.2 Å². The van der Waals surface area contributed by atoms with E-state index < -0.39 is 0 Å². The summed E-state index contributed by atoms with van der Waals surface area (Å²) in [6, 6.07) is 5.91. The molecule has 0 atom stereocenters. The van der Waals surface area contributed by atoms with Gasteiger partial charge in [0.15, 0.2) is 0 Å². The first-order chi connectivity index (χ1) is 13.3. The summed E-state index contributed by atoms with van der Waals surface area (Å²) in [5, 5.41) is 7.34. The normalized spacial score (nSPS) is 15.0. The SMILES string of the molecule is Cc1cccc(NC(=O)CN2CCN(C(=O)c3c(C)nn(C)c3C)CC2)c1C. The Kier molecular flexibility index (Phi) is 5.84. The fraction of sp³-hybridized carbons (Fsp3) is 0.476. The molecule has 2 amide bonds. The number of amides is 2. The number of aryl methyl sites for hydroxylation is 3. The molecule has 0 radical (unpaired) electrons. The third kappa shape index (κ3) is 4.09. The molecule has 0 bridgehead atoms. The number of nitrogens with zero attached hydrogens (tertiary/aromatic N) is 4. The van der Waals surface area contributed by atoms with Gasteiger partial charge in [-0.3, -0.25) is 19.2 Å². The number of hydrogen-bond acceptors (Lipinski definition) is 4. The highest BCUT2D eigenvalue weighted by atomic mass is 16.2. The molecule has 3 rings (SSSR count). The number of benzene rings is 1. The number of carbonyl (C=O) groups excluding carboxylic acids is 2. The lowest BCUT2D eigenvalue weighted by Gasteiger charge is -2.34. The fourth-order valence-corrected chi connectivity index (χ4v) is 3.63. The van der Waals surface area contributed by atoms with Crippen LogP contribution in [0.2, 0.25) is 0 Å². The van der Waals surface area contributed by atoms with Crippen molar-refractivity contribution >= 4 is 17.5 Å². The second kappa shape index (κ2) is 8.14. The minimum atomic E-state index is -0.0209. The minimum Gasteiger partial charge on any atom is -0.336 e. The van der Waals surface area contributed by atoms with Gasteiger partial charge in [-0.05, 0) is 44.9 Å². The molecule has 7 heteroatoms. The van der Waals surface area contributed by atoms with Crippen molar-refractivity contribution < 1.29 is 9.59 Å². The van der Waals surface area contributed by atoms with Gasteiger partial charge >= 0.3 is 0 Å². The Morgan fingerprint density at radius 1 is 1.07 bits per heavy atom. The summed E-state index contributed by atoms with van der Waals surface area (Å²) in [5.74, 6) is 0.00927. The van der Waals surface area contributed by atoms with Gasteiger partial charge in [0.2, 0.25) is 5.91 Å². The first kappa shape index (κ1) is 20.1. The largest absolute Gasteiger partial charge is 0.336 e. The molecule has 2 heterocycles. The number of nitrogens with one attached hydrogen (secondary N) is 1. The Morgan fingerprint density at radius 2 is 1.75 bits per heavy atom. The van der Waals surface area contributed by atoms with Crippen LogP contribution in [0.4, 0.5) is 5.69 Å². The summed E-state index contributed by atoms with van der Waals surface area (Å²) in [5.41, 5.74) is 5.46. The molecule has 1 aromatic heterocycles. The number of carbonyl (C=O) groups is 2. The van der Waals surface area contributed by atoms with Crippen molar-refractivity contribution in [2.75, 3.05) is 38.0 Å². The zero-order valence-electron chi connectivity index (χ0n) is 17.4. The Balaban J connectivity index is 1.54. The molecular formula is C21H29N5O2.